The number of amides is 3. The molecule has 0 fully saturated rings. The lowest BCUT2D eigenvalue weighted by Gasteiger charge is -2.18. The minimum atomic E-state index is -3.76. The topological polar surface area (TPSA) is 209 Å². The maximum Gasteiger partial charge on any atom is 0.423 e. The molecule has 2 aromatic rings. The molecule has 1 atom stereocenters. The molecule has 3 amide bonds. The quantitative estimate of drug-likeness (QED) is 0.137. The van der Waals surface area contributed by atoms with E-state index in [0.29, 0.717) is 24.0 Å². The molecular weight excluding hydrogens is 530 g/mol. The number of nitrogens with zero attached hydrogens (tertiary/aromatic N) is 1. The van der Waals surface area contributed by atoms with Crippen LogP contribution in [-0.2, 0) is 42.2 Å². The summed E-state index contributed by atoms with van der Waals surface area (Å²) in [6, 6.07) is 13.1. The zero-order valence-corrected chi connectivity index (χ0v) is 22.1. The third kappa shape index (κ3) is 10.5. The number of hydrogen-bond donors (Lipinski definition) is 5. The van der Waals surface area contributed by atoms with Crippen LogP contribution in [0.25, 0.3) is 0 Å². The highest BCUT2D eigenvalue weighted by Gasteiger charge is 2.28. The molecule has 0 heterocycles. The maximum absolute atomic E-state index is 12.5. The summed E-state index contributed by atoms with van der Waals surface area (Å²) in [4.78, 5) is 49.0. The summed E-state index contributed by atoms with van der Waals surface area (Å²) in [6.45, 7) is 1.65. The second-order valence-corrected chi connectivity index (χ2v) is 10.3. The summed E-state index contributed by atoms with van der Waals surface area (Å²) >= 11 is 0. The van der Waals surface area contributed by atoms with Crippen molar-refractivity contribution in [1.29, 1.82) is 5.41 Å². The average Bonchev–Trinajstić information content (AvgIpc) is 2.87. The van der Waals surface area contributed by atoms with Gasteiger partial charge < -0.3 is 20.9 Å². The van der Waals surface area contributed by atoms with Crippen LogP contribution in [0.4, 0.5) is 10.5 Å². The van der Waals surface area contributed by atoms with Crippen molar-refractivity contribution in [3.63, 3.8) is 0 Å². The third-order valence-electron chi connectivity index (χ3n) is 5.25. The highest BCUT2D eigenvalue weighted by molar-refractivity contribution is 7.89. The first kappa shape index (κ1) is 30.9. The Labute approximate surface area is 225 Å². The zero-order valence-electron chi connectivity index (χ0n) is 21.3. The smallest absolute Gasteiger partial charge is 0.423 e. The van der Waals surface area contributed by atoms with Crippen LogP contribution in [0.5, 0.6) is 0 Å². The van der Waals surface area contributed by atoms with Gasteiger partial charge in [0.25, 0.3) is 0 Å². The number of rotatable bonds is 13. The highest BCUT2D eigenvalue weighted by atomic mass is 32.2. The van der Waals surface area contributed by atoms with Crippen molar-refractivity contribution in [2.75, 3.05) is 11.1 Å². The molecule has 14 heteroatoms. The van der Waals surface area contributed by atoms with E-state index in [4.69, 9.17) is 15.9 Å². The Kier molecular flexibility index (Phi) is 11.6. The molecule has 0 unspecified atom stereocenters. The number of carboxylic acids is 1. The number of carboxylic acid groups (broad SMARTS) is 1. The third-order valence-corrected chi connectivity index (χ3v) is 6.72. The van der Waals surface area contributed by atoms with Crippen molar-refractivity contribution in [3.8, 4) is 0 Å². The predicted octanol–water partition coefficient (Wildman–Crippen LogP) is 1.79. The maximum atomic E-state index is 12.5. The summed E-state index contributed by atoms with van der Waals surface area (Å²) < 4.78 is 31.4. The first-order valence-electron chi connectivity index (χ1n) is 11.9. The van der Waals surface area contributed by atoms with Crippen molar-refractivity contribution < 1.29 is 37.4 Å². The van der Waals surface area contributed by atoms with Crippen LogP contribution in [0.1, 0.15) is 37.3 Å². The summed E-state index contributed by atoms with van der Waals surface area (Å²) in [5, 5.41) is 19.4. The van der Waals surface area contributed by atoms with Crippen molar-refractivity contribution >= 4 is 45.5 Å². The number of anilines is 1. The normalized spacial score (nSPS) is 11.7. The van der Waals surface area contributed by atoms with Crippen molar-refractivity contribution in [3.05, 3.63) is 65.7 Å². The molecule has 6 N–H and O–H groups in total. The number of ether oxygens (including phenoxy) is 1. The van der Waals surface area contributed by atoms with Gasteiger partial charge in [0.05, 0.1) is 5.75 Å². The van der Waals surface area contributed by atoms with E-state index in [1.165, 1.54) is 24.3 Å². The Morgan fingerprint density at radius 1 is 1.05 bits per heavy atom. The van der Waals surface area contributed by atoms with Gasteiger partial charge in [-0.2, -0.15) is 4.90 Å². The van der Waals surface area contributed by atoms with Gasteiger partial charge in [-0.05, 0) is 36.1 Å². The van der Waals surface area contributed by atoms with E-state index in [-0.39, 0.29) is 29.4 Å². The number of sulfonamides is 1. The molecule has 0 radical (unpaired) electrons. The Bertz CT molecular complexity index is 1280. The molecule has 210 valence electrons. The first-order valence-corrected chi connectivity index (χ1v) is 13.6. The SMILES string of the molecule is CCCCS(=O)(=O)N[C@@H](Cc1ccc(NC(=O)CC(=O)N(C(=N)N)C(=O)OCc2ccccc2)cc1)C(=O)O. The van der Waals surface area contributed by atoms with Crippen LogP contribution in [0.15, 0.2) is 54.6 Å². The molecule has 2 aromatic carbocycles. The summed E-state index contributed by atoms with van der Waals surface area (Å²) in [7, 11) is -3.76. The van der Waals surface area contributed by atoms with Crippen LogP contribution >= 0.6 is 0 Å². The van der Waals surface area contributed by atoms with E-state index in [1.807, 2.05) is 6.92 Å². The van der Waals surface area contributed by atoms with Crippen LogP contribution in [0.3, 0.4) is 0 Å². The Balaban J connectivity index is 1.95. The standard InChI is InChI=1S/C25H31N5O8S/c1-2-3-13-39(36,37)29-20(23(33)34)14-17-9-11-19(12-10-17)28-21(31)15-22(32)30(24(26)27)25(35)38-16-18-7-5-4-6-8-18/h4-12,20,29H,2-3,13-16H2,1H3,(H3,26,27)(H,28,31)(H,33,34)/t20-/m0/s1. The monoisotopic (exact) mass is 561 g/mol. The number of carbonyl (C=O) groups excluding carboxylic acids is 3. The molecule has 0 aromatic heterocycles. The zero-order chi connectivity index (χ0) is 29.0. The fourth-order valence-electron chi connectivity index (χ4n) is 3.29. The number of hydrogen-bond acceptors (Lipinski definition) is 8. The van der Waals surface area contributed by atoms with Crippen LogP contribution < -0.4 is 15.8 Å². The molecule has 0 bridgehead atoms. The van der Waals surface area contributed by atoms with Gasteiger partial charge >= 0.3 is 12.1 Å². The van der Waals surface area contributed by atoms with Gasteiger partial charge in [0.1, 0.15) is 19.1 Å². The number of guanidine groups is 1. The number of benzene rings is 2. The number of nitrogens with one attached hydrogen (secondary N) is 3. The predicted molar refractivity (Wildman–Crippen MR) is 142 cm³/mol. The lowest BCUT2D eigenvalue weighted by Crippen LogP contribution is -2.46. The fraction of sp³-hybridized carbons (Fsp3) is 0.320. The molecule has 39 heavy (non-hydrogen) atoms. The number of carbonyl (C=O) groups is 4. The van der Waals surface area contributed by atoms with Gasteiger partial charge in [-0.1, -0.05) is 55.8 Å². The minimum absolute atomic E-state index is 0.133. The lowest BCUT2D eigenvalue weighted by atomic mass is 10.1. The molecule has 13 nitrogen and oxygen atoms in total. The van der Waals surface area contributed by atoms with Crippen molar-refractivity contribution in [2.24, 2.45) is 5.73 Å². The molecule has 0 saturated carbocycles. The highest BCUT2D eigenvalue weighted by Crippen LogP contribution is 2.13. The summed E-state index contributed by atoms with van der Waals surface area (Å²) in [5.74, 6) is -4.30. The minimum Gasteiger partial charge on any atom is -0.480 e. The van der Waals surface area contributed by atoms with Gasteiger partial charge in [0.2, 0.25) is 27.8 Å². The Morgan fingerprint density at radius 3 is 2.26 bits per heavy atom. The number of nitrogens with two attached hydrogens (primary N) is 1. The van der Waals surface area contributed by atoms with E-state index in [1.54, 1.807) is 30.3 Å². The fourth-order valence-corrected chi connectivity index (χ4v) is 4.69. The first-order chi connectivity index (χ1) is 18.4. The molecule has 0 aliphatic rings. The van der Waals surface area contributed by atoms with Gasteiger partial charge in [-0.3, -0.25) is 19.8 Å². The van der Waals surface area contributed by atoms with Gasteiger partial charge in [-0.15, -0.1) is 0 Å². The molecule has 0 saturated heterocycles. The molecular formula is C25H31N5O8S. The second-order valence-electron chi connectivity index (χ2n) is 8.46. The Morgan fingerprint density at radius 2 is 1.69 bits per heavy atom. The van der Waals surface area contributed by atoms with Crippen LogP contribution in [-0.4, -0.2) is 60.1 Å². The van der Waals surface area contributed by atoms with E-state index < -0.39 is 52.3 Å². The summed E-state index contributed by atoms with van der Waals surface area (Å²) in [6.07, 6.45) is -1.11. The lowest BCUT2D eigenvalue weighted by molar-refractivity contribution is -0.139. The van der Waals surface area contributed by atoms with Gasteiger partial charge in [-0.25, -0.2) is 17.9 Å². The molecule has 0 spiro atoms. The summed E-state index contributed by atoms with van der Waals surface area (Å²) in [5.41, 5.74) is 6.73. The van der Waals surface area contributed by atoms with Crippen molar-refractivity contribution in [2.45, 2.75) is 45.3 Å². The van der Waals surface area contributed by atoms with Crippen LogP contribution in [0, 0.1) is 5.41 Å². The number of imide groups is 1. The number of aliphatic carboxylic acids is 1. The van der Waals surface area contributed by atoms with Crippen LogP contribution in [0.2, 0.25) is 0 Å². The van der Waals surface area contributed by atoms with Gasteiger partial charge in [0.15, 0.2) is 0 Å². The second kappa shape index (κ2) is 14.6. The van der Waals surface area contributed by atoms with Gasteiger partial charge in [0, 0.05) is 5.69 Å². The molecule has 0 aliphatic heterocycles. The van der Waals surface area contributed by atoms with E-state index in [2.05, 4.69) is 10.0 Å². The average molecular weight is 562 g/mol. The largest absolute Gasteiger partial charge is 0.480 e. The van der Waals surface area contributed by atoms with E-state index in [9.17, 15) is 32.7 Å². The molecule has 0 aliphatic carbocycles. The number of unbranched alkanes of at least 4 members (excludes halogenated alkanes) is 1. The van der Waals surface area contributed by atoms with E-state index >= 15 is 0 Å². The van der Waals surface area contributed by atoms with E-state index in [0.717, 1.165) is 0 Å². The Hall–Kier alpha value is -4.30. The van der Waals surface area contributed by atoms with Crippen molar-refractivity contribution in [1.82, 2.24) is 9.62 Å². The molecule has 2 rings (SSSR count).